The van der Waals surface area contributed by atoms with Gasteiger partial charge >= 0.3 is 0 Å². The van der Waals surface area contributed by atoms with Crippen molar-refractivity contribution in [3.8, 4) is 11.8 Å². The van der Waals surface area contributed by atoms with Gasteiger partial charge in [-0.3, -0.25) is 14.5 Å². The topological polar surface area (TPSA) is 40.6 Å². The molecule has 4 nitrogen and oxygen atoms in total. The fourth-order valence-corrected chi connectivity index (χ4v) is 3.51. The number of fused-ring (bicyclic) bond motifs is 2. The number of carbonyl (C=O) groups excluding carboxylic acids is 2. The van der Waals surface area contributed by atoms with Crippen molar-refractivity contribution in [2.45, 2.75) is 19.5 Å². The minimum Gasteiger partial charge on any atom is -0.272 e. The number of benzene rings is 1. The van der Waals surface area contributed by atoms with E-state index >= 15 is 0 Å². The second-order valence-corrected chi connectivity index (χ2v) is 6.00. The zero-order valence-corrected chi connectivity index (χ0v) is 11.9. The van der Waals surface area contributed by atoms with Crippen LogP contribution in [0.2, 0.25) is 0 Å². The summed E-state index contributed by atoms with van der Waals surface area (Å²) in [5, 5.41) is 0. The summed E-state index contributed by atoms with van der Waals surface area (Å²) in [6.07, 6.45) is 0.862. The maximum absolute atomic E-state index is 12.6. The average Bonchev–Trinajstić information content (AvgIpc) is 3.03. The maximum atomic E-state index is 12.6. The van der Waals surface area contributed by atoms with E-state index in [0.29, 0.717) is 11.1 Å². The van der Waals surface area contributed by atoms with Crippen LogP contribution in [0, 0.1) is 23.7 Å². The van der Waals surface area contributed by atoms with Crippen LogP contribution in [-0.4, -0.2) is 40.9 Å². The minimum absolute atomic E-state index is 0.219. The summed E-state index contributed by atoms with van der Waals surface area (Å²) >= 11 is 0. The molecule has 1 saturated heterocycles. The molecule has 2 aliphatic heterocycles. The van der Waals surface area contributed by atoms with Crippen molar-refractivity contribution >= 4 is 11.8 Å². The molecule has 1 aliphatic carbocycles. The third kappa shape index (κ3) is 1.81. The molecule has 4 rings (SSSR count). The highest BCUT2D eigenvalue weighted by Gasteiger charge is 2.50. The van der Waals surface area contributed by atoms with Crippen LogP contribution in [0.3, 0.4) is 0 Å². The van der Waals surface area contributed by atoms with E-state index in [-0.39, 0.29) is 11.8 Å². The summed E-state index contributed by atoms with van der Waals surface area (Å²) in [6.45, 7) is 3.64. The molecule has 1 aromatic rings. The number of amides is 2. The van der Waals surface area contributed by atoms with Gasteiger partial charge < -0.3 is 0 Å². The van der Waals surface area contributed by atoms with Gasteiger partial charge in [0.2, 0.25) is 0 Å². The van der Waals surface area contributed by atoms with Crippen molar-refractivity contribution in [2.75, 3.05) is 13.1 Å². The molecule has 3 atom stereocenters. The Bertz CT molecular complexity index is 655. The van der Waals surface area contributed by atoms with Crippen LogP contribution in [0.1, 0.15) is 34.1 Å². The molecule has 0 radical (unpaired) electrons. The number of carbonyl (C=O) groups is 2. The fourth-order valence-electron chi connectivity index (χ4n) is 3.51. The molecular weight excluding hydrogens is 264 g/mol. The standard InChI is InChI=1S/C17H16N2O2/c1-2-5-15(18-9-11-8-12(11)10-18)19-16(20)13-6-3-4-7-14(13)17(19)21/h3-4,6-7,11-12,15H,8-10H2,1H3. The van der Waals surface area contributed by atoms with Gasteiger partial charge in [-0.05, 0) is 37.3 Å². The Morgan fingerprint density at radius 2 is 1.67 bits per heavy atom. The van der Waals surface area contributed by atoms with Crippen molar-refractivity contribution in [3.63, 3.8) is 0 Å². The van der Waals surface area contributed by atoms with Crippen LogP contribution in [0.4, 0.5) is 0 Å². The summed E-state index contributed by atoms with van der Waals surface area (Å²) in [6, 6.07) is 7.01. The highest BCUT2D eigenvalue weighted by atomic mass is 16.2. The largest absolute Gasteiger partial charge is 0.272 e. The minimum atomic E-state index is -0.421. The van der Waals surface area contributed by atoms with E-state index in [1.807, 2.05) is 0 Å². The van der Waals surface area contributed by atoms with Gasteiger partial charge in [-0.1, -0.05) is 18.1 Å². The molecular formula is C17H16N2O2. The van der Waals surface area contributed by atoms with Crippen LogP contribution in [-0.2, 0) is 0 Å². The number of imide groups is 1. The molecule has 0 bridgehead atoms. The third-order valence-electron chi connectivity index (χ3n) is 4.70. The summed E-state index contributed by atoms with van der Waals surface area (Å²) < 4.78 is 0. The Morgan fingerprint density at radius 1 is 1.10 bits per heavy atom. The van der Waals surface area contributed by atoms with E-state index in [0.717, 1.165) is 24.9 Å². The fraction of sp³-hybridized carbons (Fsp3) is 0.412. The van der Waals surface area contributed by atoms with E-state index in [4.69, 9.17) is 0 Å². The molecule has 0 N–H and O–H groups in total. The van der Waals surface area contributed by atoms with Gasteiger partial charge in [-0.25, -0.2) is 4.90 Å². The SMILES string of the molecule is CC#CC(N1CC2CC2C1)N1C(=O)c2ccccc2C1=O. The molecule has 1 saturated carbocycles. The number of hydrogen-bond acceptors (Lipinski definition) is 3. The van der Waals surface area contributed by atoms with E-state index in [9.17, 15) is 9.59 Å². The summed E-state index contributed by atoms with van der Waals surface area (Å²) in [5.74, 6) is 6.98. The average molecular weight is 280 g/mol. The lowest BCUT2D eigenvalue weighted by Crippen LogP contribution is -2.50. The van der Waals surface area contributed by atoms with Gasteiger partial charge in [0.1, 0.15) is 0 Å². The first-order valence-corrected chi connectivity index (χ1v) is 7.34. The lowest BCUT2D eigenvalue weighted by molar-refractivity contribution is 0.0454. The quantitative estimate of drug-likeness (QED) is 0.610. The lowest BCUT2D eigenvalue weighted by atomic mass is 10.1. The Morgan fingerprint density at radius 3 is 2.19 bits per heavy atom. The molecule has 3 unspecified atom stereocenters. The Hall–Kier alpha value is -2.12. The van der Waals surface area contributed by atoms with E-state index in [1.54, 1.807) is 31.2 Å². The summed E-state index contributed by atoms with van der Waals surface area (Å²) in [4.78, 5) is 28.7. The predicted molar refractivity (Wildman–Crippen MR) is 77.4 cm³/mol. The van der Waals surface area contributed by atoms with E-state index < -0.39 is 6.17 Å². The highest BCUT2D eigenvalue weighted by Crippen LogP contribution is 2.46. The van der Waals surface area contributed by atoms with Crippen LogP contribution >= 0.6 is 0 Å². The van der Waals surface area contributed by atoms with E-state index in [2.05, 4.69) is 16.7 Å². The number of hydrogen-bond donors (Lipinski definition) is 0. The van der Waals surface area contributed by atoms with Crippen molar-refractivity contribution in [2.24, 2.45) is 11.8 Å². The zero-order chi connectivity index (χ0) is 14.6. The summed E-state index contributed by atoms with van der Waals surface area (Å²) in [5.41, 5.74) is 0.990. The second-order valence-electron chi connectivity index (χ2n) is 6.00. The van der Waals surface area contributed by atoms with Crippen molar-refractivity contribution in [1.82, 2.24) is 9.80 Å². The zero-order valence-electron chi connectivity index (χ0n) is 11.9. The number of nitrogens with zero attached hydrogens (tertiary/aromatic N) is 2. The molecule has 0 aromatic heterocycles. The van der Waals surface area contributed by atoms with Gasteiger partial charge in [0.25, 0.3) is 11.8 Å². The molecule has 21 heavy (non-hydrogen) atoms. The number of piperidine rings is 1. The number of likely N-dealkylation sites (tertiary alicyclic amines) is 1. The first kappa shape index (κ1) is 12.6. The molecule has 2 fully saturated rings. The van der Waals surface area contributed by atoms with Crippen molar-refractivity contribution in [1.29, 1.82) is 0 Å². The van der Waals surface area contributed by atoms with Gasteiger partial charge in [-0.15, -0.1) is 5.92 Å². The van der Waals surface area contributed by atoms with Crippen LogP contribution < -0.4 is 0 Å². The van der Waals surface area contributed by atoms with Crippen LogP contribution in [0.5, 0.6) is 0 Å². The Kier molecular flexibility index (Phi) is 2.66. The highest BCUT2D eigenvalue weighted by molar-refractivity contribution is 6.21. The molecule has 0 spiro atoms. The summed E-state index contributed by atoms with van der Waals surface area (Å²) in [7, 11) is 0. The lowest BCUT2D eigenvalue weighted by Gasteiger charge is -2.31. The Labute approximate surface area is 123 Å². The molecule has 2 heterocycles. The third-order valence-corrected chi connectivity index (χ3v) is 4.70. The van der Waals surface area contributed by atoms with Crippen LogP contribution in [0.15, 0.2) is 24.3 Å². The Balaban J connectivity index is 1.69. The van der Waals surface area contributed by atoms with Crippen LogP contribution in [0.25, 0.3) is 0 Å². The first-order valence-electron chi connectivity index (χ1n) is 7.34. The molecule has 2 amide bonds. The van der Waals surface area contributed by atoms with Gasteiger partial charge in [0, 0.05) is 13.1 Å². The van der Waals surface area contributed by atoms with Gasteiger partial charge in [0.15, 0.2) is 6.17 Å². The normalized spacial score (nSPS) is 28.0. The first-order chi connectivity index (χ1) is 10.2. The molecule has 1 aromatic carbocycles. The van der Waals surface area contributed by atoms with E-state index in [1.165, 1.54) is 11.3 Å². The predicted octanol–water partition coefficient (Wildman–Crippen LogP) is 1.58. The van der Waals surface area contributed by atoms with Gasteiger partial charge in [0.05, 0.1) is 11.1 Å². The van der Waals surface area contributed by atoms with Crippen molar-refractivity contribution in [3.05, 3.63) is 35.4 Å². The smallest absolute Gasteiger partial charge is 0.263 e. The number of rotatable bonds is 2. The molecule has 106 valence electrons. The van der Waals surface area contributed by atoms with Crippen molar-refractivity contribution < 1.29 is 9.59 Å². The maximum Gasteiger partial charge on any atom is 0.263 e. The molecule has 3 aliphatic rings. The van der Waals surface area contributed by atoms with Gasteiger partial charge in [-0.2, -0.15) is 0 Å². The second kappa shape index (κ2) is 4.44. The molecule has 4 heteroatoms. The monoisotopic (exact) mass is 280 g/mol.